The molecular formula is C18H36BaO4. The number of hydrogen-bond acceptors (Lipinski definition) is 2. The number of carboxylic acid groups (broad SMARTS) is 2. The number of aliphatic carboxylic acids is 2. The summed E-state index contributed by atoms with van der Waals surface area (Å²) >= 11 is 0. The van der Waals surface area contributed by atoms with Crippen molar-refractivity contribution in [3.63, 3.8) is 0 Å². The van der Waals surface area contributed by atoms with Crippen molar-refractivity contribution < 1.29 is 19.8 Å². The number of unbranched alkanes of at least 4 members (excludes halogenated alkanes) is 9. The molecule has 0 aromatic heterocycles. The Morgan fingerprint density at radius 1 is 0.652 bits per heavy atom. The van der Waals surface area contributed by atoms with Crippen LogP contribution in [-0.4, -0.2) is 71.0 Å². The van der Waals surface area contributed by atoms with Crippen LogP contribution in [0.5, 0.6) is 0 Å². The SMILES string of the molecule is CCCCCCCCCCCCC(CCC)(C(=O)O)C(=O)O.[BaH2]. The Balaban J connectivity index is 0. The van der Waals surface area contributed by atoms with Gasteiger partial charge in [-0.2, -0.15) is 0 Å². The second-order valence-electron chi connectivity index (χ2n) is 6.37. The van der Waals surface area contributed by atoms with Crippen LogP contribution in [-0.2, 0) is 9.59 Å². The Morgan fingerprint density at radius 2 is 1.04 bits per heavy atom. The summed E-state index contributed by atoms with van der Waals surface area (Å²) in [6.07, 6.45) is 12.7. The van der Waals surface area contributed by atoms with Gasteiger partial charge in [-0.1, -0.05) is 84.5 Å². The summed E-state index contributed by atoms with van der Waals surface area (Å²) in [5, 5.41) is 18.6. The fourth-order valence-electron chi connectivity index (χ4n) is 2.99. The second kappa shape index (κ2) is 16.0. The first kappa shape index (κ1) is 25.7. The quantitative estimate of drug-likeness (QED) is 0.220. The fourth-order valence-corrected chi connectivity index (χ4v) is 2.99. The Morgan fingerprint density at radius 3 is 1.39 bits per heavy atom. The average molecular weight is 454 g/mol. The zero-order valence-corrected chi connectivity index (χ0v) is 14.4. The topological polar surface area (TPSA) is 74.6 Å². The van der Waals surface area contributed by atoms with Crippen LogP contribution in [0.25, 0.3) is 0 Å². The molecule has 0 spiro atoms. The summed E-state index contributed by atoms with van der Waals surface area (Å²) in [5.74, 6) is -2.37. The predicted molar refractivity (Wildman–Crippen MR) is 97.6 cm³/mol. The maximum atomic E-state index is 11.4. The number of carboxylic acids is 2. The van der Waals surface area contributed by atoms with Crippen molar-refractivity contribution in [2.75, 3.05) is 0 Å². The molecule has 0 saturated carbocycles. The van der Waals surface area contributed by atoms with Gasteiger partial charge < -0.3 is 10.2 Å². The molecule has 5 heteroatoms. The van der Waals surface area contributed by atoms with Gasteiger partial charge in [-0.15, -0.1) is 0 Å². The molecule has 23 heavy (non-hydrogen) atoms. The Bertz CT molecular complexity index is 304. The Kier molecular flexibility index (Phi) is 17.9. The third-order valence-electron chi connectivity index (χ3n) is 4.45. The molecule has 0 aromatic rings. The number of hydrogen-bond donors (Lipinski definition) is 2. The van der Waals surface area contributed by atoms with E-state index < -0.39 is 17.4 Å². The molecule has 0 aliphatic rings. The molecule has 0 bridgehead atoms. The van der Waals surface area contributed by atoms with E-state index in [4.69, 9.17) is 0 Å². The van der Waals surface area contributed by atoms with E-state index in [0.29, 0.717) is 12.8 Å². The van der Waals surface area contributed by atoms with Gasteiger partial charge in [-0.05, 0) is 12.8 Å². The van der Waals surface area contributed by atoms with Gasteiger partial charge in [0, 0.05) is 0 Å². The molecule has 2 N–H and O–H groups in total. The average Bonchev–Trinajstić information content (AvgIpc) is 2.47. The monoisotopic (exact) mass is 454 g/mol. The van der Waals surface area contributed by atoms with E-state index in [1.54, 1.807) is 0 Å². The summed E-state index contributed by atoms with van der Waals surface area (Å²) in [5.41, 5.74) is -1.57. The molecule has 0 unspecified atom stereocenters. The van der Waals surface area contributed by atoms with Gasteiger partial charge in [-0.3, -0.25) is 9.59 Å². The van der Waals surface area contributed by atoms with Crippen LogP contribution in [0.15, 0.2) is 0 Å². The van der Waals surface area contributed by atoms with Gasteiger partial charge in [-0.25, -0.2) is 0 Å². The van der Waals surface area contributed by atoms with Crippen LogP contribution in [0, 0.1) is 5.41 Å². The molecule has 0 aromatic carbocycles. The molecular weight excluding hydrogens is 418 g/mol. The van der Waals surface area contributed by atoms with Crippen molar-refractivity contribution >= 4 is 60.8 Å². The van der Waals surface area contributed by atoms with Crippen molar-refractivity contribution in [1.82, 2.24) is 0 Å². The number of rotatable bonds is 15. The second-order valence-corrected chi connectivity index (χ2v) is 6.37. The van der Waals surface area contributed by atoms with Gasteiger partial charge in [0.05, 0.1) is 0 Å². The molecule has 0 aliphatic carbocycles. The van der Waals surface area contributed by atoms with E-state index >= 15 is 0 Å². The van der Waals surface area contributed by atoms with Crippen molar-refractivity contribution in [2.45, 2.75) is 97.3 Å². The predicted octanol–water partition coefficient (Wildman–Crippen LogP) is 4.34. The zero-order valence-electron chi connectivity index (χ0n) is 14.4. The molecule has 0 rings (SSSR count). The minimum atomic E-state index is -1.57. The molecule has 0 atom stereocenters. The van der Waals surface area contributed by atoms with Gasteiger partial charge in [0.1, 0.15) is 0 Å². The molecule has 0 fully saturated rings. The summed E-state index contributed by atoms with van der Waals surface area (Å²) in [7, 11) is 0. The normalized spacial score (nSPS) is 11.0. The maximum absolute atomic E-state index is 11.4. The van der Waals surface area contributed by atoms with Crippen molar-refractivity contribution in [3.8, 4) is 0 Å². The molecule has 0 aliphatic heterocycles. The van der Waals surface area contributed by atoms with Crippen LogP contribution in [0.4, 0.5) is 0 Å². The standard InChI is InChI=1S/C18H34O4.Ba.2H/c1-3-5-6-7-8-9-10-11-12-13-15-18(14-4-2,16(19)20)17(21)22;;;/h3-15H2,1-2H3,(H,19,20)(H,21,22);;;. The van der Waals surface area contributed by atoms with E-state index in [9.17, 15) is 19.8 Å². The zero-order chi connectivity index (χ0) is 16.8. The van der Waals surface area contributed by atoms with Crippen molar-refractivity contribution in [1.29, 1.82) is 0 Å². The molecule has 0 radical (unpaired) electrons. The van der Waals surface area contributed by atoms with E-state index in [2.05, 4.69) is 6.92 Å². The Hall–Kier alpha value is 0.511. The van der Waals surface area contributed by atoms with Crippen LogP contribution in [0.1, 0.15) is 97.3 Å². The minimum absolute atomic E-state index is 0. The van der Waals surface area contributed by atoms with Gasteiger partial charge >= 0.3 is 60.8 Å². The summed E-state index contributed by atoms with van der Waals surface area (Å²) in [6.45, 7) is 4.05. The summed E-state index contributed by atoms with van der Waals surface area (Å²) < 4.78 is 0. The molecule has 0 heterocycles. The van der Waals surface area contributed by atoms with Gasteiger partial charge in [0.15, 0.2) is 5.41 Å². The van der Waals surface area contributed by atoms with Crippen LogP contribution >= 0.6 is 0 Å². The van der Waals surface area contributed by atoms with Gasteiger partial charge in [0.25, 0.3) is 0 Å². The fraction of sp³-hybridized carbons (Fsp3) is 0.889. The number of carbonyl (C=O) groups is 2. The van der Waals surface area contributed by atoms with E-state index in [1.807, 2.05) is 6.92 Å². The van der Waals surface area contributed by atoms with Crippen LogP contribution in [0.3, 0.4) is 0 Å². The first-order valence-electron chi connectivity index (χ1n) is 8.98. The first-order chi connectivity index (χ1) is 10.5. The third-order valence-corrected chi connectivity index (χ3v) is 4.45. The molecule has 0 saturated heterocycles. The molecule has 4 nitrogen and oxygen atoms in total. The first-order valence-corrected chi connectivity index (χ1v) is 8.98. The van der Waals surface area contributed by atoms with Crippen LogP contribution in [0.2, 0.25) is 0 Å². The van der Waals surface area contributed by atoms with Crippen molar-refractivity contribution in [3.05, 3.63) is 0 Å². The van der Waals surface area contributed by atoms with Crippen molar-refractivity contribution in [2.24, 2.45) is 5.41 Å². The van der Waals surface area contributed by atoms with Gasteiger partial charge in [0.2, 0.25) is 0 Å². The summed E-state index contributed by atoms with van der Waals surface area (Å²) in [4.78, 5) is 22.7. The van der Waals surface area contributed by atoms with E-state index in [1.165, 1.54) is 44.9 Å². The summed E-state index contributed by atoms with van der Waals surface area (Å²) in [6, 6.07) is 0. The third kappa shape index (κ3) is 10.9. The van der Waals surface area contributed by atoms with E-state index in [-0.39, 0.29) is 61.7 Å². The molecule has 0 amide bonds. The van der Waals surface area contributed by atoms with Crippen LogP contribution < -0.4 is 0 Å². The van der Waals surface area contributed by atoms with E-state index in [0.717, 1.165) is 12.8 Å². The Labute approximate surface area is 181 Å². The molecule has 134 valence electrons.